The Morgan fingerprint density at radius 1 is 1.03 bits per heavy atom. The predicted octanol–water partition coefficient (Wildman–Crippen LogP) is 1.93. The molecule has 0 heterocycles. The summed E-state index contributed by atoms with van der Waals surface area (Å²) in [6, 6.07) is 8.40. The molecule has 0 aromatic heterocycles. The first-order chi connectivity index (χ1) is 16.2. The first-order valence-electron chi connectivity index (χ1n) is 10.8. The first-order valence-corrected chi connectivity index (χ1v) is 10.8. The lowest BCUT2D eigenvalue weighted by atomic mass is 10.1. The van der Waals surface area contributed by atoms with E-state index in [1.54, 1.807) is 0 Å². The molecule has 1 unspecified atom stereocenters. The van der Waals surface area contributed by atoms with Gasteiger partial charge in [-0.3, -0.25) is 9.59 Å². The van der Waals surface area contributed by atoms with Gasteiger partial charge in [0.05, 0.1) is 6.54 Å². The van der Waals surface area contributed by atoms with Gasteiger partial charge in [0.2, 0.25) is 12.0 Å². The number of rotatable bonds is 11. The Kier molecular flexibility index (Phi) is 25.0. The molecule has 0 aliphatic heterocycles. The average molecular weight is 487 g/mol. The van der Waals surface area contributed by atoms with Crippen LogP contribution in [0.1, 0.15) is 51.2 Å². The summed E-state index contributed by atoms with van der Waals surface area (Å²) in [6.45, 7) is 8.36. The second-order valence-electron chi connectivity index (χ2n) is 6.15. The summed E-state index contributed by atoms with van der Waals surface area (Å²) in [5.41, 5.74) is 2.54. The minimum absolute atomic E-state index is 0.122. The minimum atomic E-state index is -1.54. The van der Waals surface area contributed by atoms with E-state index in [4.69, 9.17) is 15.3 Å². The Balaban J connectivity index is -0.000000495. The molecule has 0 radical (unpaired) electrons. The van der Waals surface area contributed by atoms with Crippen LogP contribution < -0.4 is 10.6 Å². The monoisotopic (exact) mass is 486 g/mol. The molecule has 0 bridgehead atoms. The highest BCUT2D eigenvalue weighted by Crippen LogP contribution is 2.04. The van der Waals surface area contributed by atoms with Gasteiger partial charge in [0, 0.05) is 32.9 Å². The van der Waals surface area contributed by atoms with Gasteiger partial charge < -0.3 is 35.5 Å². The minimum Gasteiger partial charge on any atom is -0.481 e. The maximum Gasteiger partial charge on any atom is 0.408 e. The van der Waals surface area contributed by atoms with Crippen molar-refractivity contribution < 1.29 is 44.0 Å². The Labute approximate surface area is 200 Å². The molecule has 1 rings (SSSR count). The lowest BCUT2D eigenvalue weighted by molar-refractivity contribution is -0.148. The number of amides is 2. The topological polar surface area (TPSA) is 179 Å². The molecule has 11 nitrogen and oxygen atoms in total. The van der Waals surface area contributed by atoms with Gasteiger partial charge in [-0.15, -0.1) is 0 Å². The third-order valence-corrected chi connectivity index (χ3v) is 3.65. The van der Waals surface area contributed by atoms with Crippen LogP contribution in [0.15, 0.2) is 24.3 Å². The lowest BCUT2D eigenvalue weighted by Gasteiger charge is -2.12. The fraction of sp³-hybridized carbons (Fsp3) is 0.522. The maximum absolute atomic E-state index is 10.9. The molecule has 0 fully saturated rings. The van der Waals surface area contributed by atoms with Crippen LogP contribution in [0.25, 0.3) is 0 Å². The lowest BCUT2D eigenvalue weighted by Crippen LogP contribution is -2.34. The van der Waals surface area contributed by atoms with E-state index >= 15 is 0 Å². The van der Waals surface area contributed by atoms with Crippen molar-refractivity contribution in [3.63, 3.8) is 0 Å². The van der Waals surface area contributed by atoms with Crippen molar-refractivity contribution in [2.45, 2.75) is 59.5 Å². The van der Waals surface area contributed by atoms with Gasteiger partial charge in [-0.25, -0.2) is 9.59 Å². The summed E-state index contributed by atoms with van der Waals surface area (Å²) in [7, 11) is 1.00. The number of aryl methyl sites for hydroxylation is 1. The molecule has 34 heavy (non-hydrogen) atoms. The quantitative estimate of drug-likeness (QED) is 0.292. The van der Waals surface area contributed by atoms with Crippen LogP contribution in [0.5, 0.6) is 0 Å². The number of aliphatic carboxylic acids is 2. The number of hydrogen-bond donors (Lipinski definition) is 5. The summed E-state index contributed by atoms with van der Waals surface area (Å²) in [5, 5.41) is 28.7. The van der Waals surface area contributed by atoms with E-state index in [0.29, 0.717) is 12.7 Å². The molecular formula is C23H38N2O9. The highest BCUT2D eigenvalue weighted by atomic mass is 16.6. The number of benzene rings is 1. The standard InChI is InChI=1S/C12H17NO.C8H11NO7.C2H6.CH4O/c1-3-12(14)13-9-8-11-6-4-10(2)5-7-11;10-4-3-9-8(15)16-5(7(13)14)1-2-6(11)12;2*1-2/h4-7H,3,8-9H2,1-2H3,(H,13,14);4-5H,1-3H2,(H,9,15)(H,11,12)(H,13,14);1-2H3;2H,1H3. The number of aldehydes is 1. The van der Waals surface area contributed by atoms with Gasteiger partial charge >= 0.3 is 18.0 Å². The first kappa shape index (κ1) is 35.1. The average Bonchev–Trinajstić information content (AvgIpc) is 2.84. The van der Waals surface area contributed by atoms with Crippen molar-refractivity contribution in [1.29, 1.82) is 0 Å². The van der Waals surface area contributed by atoms with Crippen LogP contribution in [0, 0.1) is 6.92 Å². The molecule has 0 aliphatic rings. The van der Waals surface area contributed by atoms with E-state index in [9.17, 15) is 24.0 Å². The second kappa shape index (κ2) is 24.2. The number of aliphatic hydroxyl groups is 1. The highest BCUT2D eigenvalue weighted by Gasteiger charge is 2.22. The molecule has 0 aliphatic carbocycles. The Morgan fingerprint density at radius 3 is 2.03 bits per heavy atom. The van der Waals surface area contributed by atoms with Gasteiger partial charge in [-0.2, -0.15) is 0 Å². The number of aliphatic hydroxyl groups excluding tert-OH is 1. The third kappa shape index (κ3) is 21.8. The fourth-order valence-electron chi connectivity index (χ4n) is 2.01. The van der Waals surface area contributed by atoms with E-state index < -0.39 is 30.6 Å². The van der Waals surface area contributed by atoms with Crippen LogP contribution in [-0.2, 0) is 30.3 Å². The number of carboxylic acids is 2. The molecule has 11 heteroatoms. The summed E-state index contributed by atoms with van der Waals surface area (Å²) >= 11 is 0. The second-order valence-corrected chi connectivity index (χ2v) is 6.15. The van der Waals surface area contributed by atoms with Crippen molar-refractivity contribution in [2.75, 3.05) is 20.2 Å². The number of alkyl carbamates (subject to hydrolysis) is 1. The smallest absolute Gasteiger partial charge is 0.408 e. The van der Waals surface area contributed by atoms with E-state index in [1.165, 1.54) is 11.1 Å². The van der Waals surface area contributed by atoms with Gasteiger partial charge in [-0.05, 0) is 18.9 Å². The molecule has 2 amide bonds. The third-order valence-electron chi connectivity index (χ3n) is 3.65. The molecule has 5 N–H and O–H groups in total. The highest BCUT2D eigenvalue weighted by molar-refractivity contribution is 5.79. The zero-order valence-corrected chi connectivity index (χ0v) is 20.5. The predicted molar refractivity (Wildman–Crippen MR) is 127 cm³/mol. The Hall–Kier alpha value is -3.47. The van der Waals surface area contributed by atoms with Crippen LogP contribution in [-0.4, -0.2) is 71.8 Å². The molecule has 194 valence electrons. The molecule has 1 aromatic rings. The summed E-state index contributed by atoms with van der Waals surface area (Å²) in [4.78, 5) is 52.4. The number of nitrogens with one attached hydrogen (secondary N) is 2. The molecule has 1 atom stereocenters. The summed E-state index contributed by atoms with van der Waals surface area (Å²) in [5.74, 6) is -2.51. The van der Waals surface area contributed by atoms with Crippen molar-refractivity contribution >= 4 is 30.2 Å². The van der Waals surface area contributed by atoms with Crippen molar-refractivity contribution in [3.05, 3.63) is 35.4 Å². The molecular weight excluding hydrogens is 448 g/mol. The summed E-state index contributed by atoms with van der Waals surface area (Å²) < 4.78 is 4.39. The van der Waals surface area contributed by atoms with E-state index in [1.807, 2.05) is 26.1 Å². The number of carboxylic acid groups (broad SMARTS) is 2. The van der Waals surface area contributed by atoms with Crippen molar-refractivity contribution in [2.24, 2.45) is 0 Å². The van der Waals surface area contributed by atoms with Gasteiger partial charge in [0.1, 0.15) is 6.29 Å². The van der Waals surface area contributed by atoms with Crippen molar-refractivity contribution in [1.82, 2.24) is 10.6 Å². The van der Waals surface area contributed by atoms with Crippen LogP contribution >= 0.6 is 0 Å². The van der Waals surface area contributed by atoms with Gasteiger partial charge in [0.25, 0.3) is 0 Å². The maximum atomic E-state index is 10.9. The number of hydrogen-bond acceptors (Lipinski definition) is 7. The molecule has 0 saturated heterocycles. The normalized spacial score (nSPS) is 9.71. The molecule has 1 aromatic carbocycles. The molecule has 0 saturated carbocycles. The SMILES string of the molecule is CC.CCC(=O)NCCc1ccc(C)cc1.CO.O=CCNC(=O)OC(CCC(=O)O)C(=O)O. The Bertz CT molecular complexity index is 707. The van der Waals surface area contributed by atoms with Gasteiger partial charge in [-0.1, -0.05) is 50.6 Å². The van der Waals surface area contributed by atoms with Crippen LogP contribution in [0.3, 0.4) is 0 Å². The number of carbonyl (C=O) groups is 5. The largest absolute Gasteiger partial charge is 0.481 e. The van der Waals surface area contributed by atoms with Crippen molar-refractivity contribution in [3.8, 4) is 0 Å². The molecule has 0 spiro atoms. The zero-order chi connectivity index (χ0) is 26.9. The van der Waals surface area contributed by atoms with E-state index in [0.717, 1.165) is 20.1 Å². The van der Waals surface area contributed by atoms with Gasteiger partial charge in [0.15, 0.2) is 0 Å². The fourth-order valence-corrected chi connectivity index (χ4v) is 2.01. The number of ether oxygens (including phenoxy) is 1. The Morgan fingerprint density at radius 2 is 1.59 bits per heavy atom. The summed E-state index contributed by atoms with van der Waals surface area (Å²) in [6.07, 6.45) is -1.52. The van der Waals surface area contributed by atoms with Crippen LogP contribution in [0.2, 0.25) is 0 Å². The number of carbonyl (C=O) groups excluding carboxylic acids is 3. The van der Waals surface area contributed by atoms with E-state index in [2.05, 4.69) is 41.2 Å². The zero-order valence-electron chi connectivity index (χ0n) is 20.5. The van der Waals surface area contributed by atoms with Crippen LogP contribution in [0.4, 0.5) is 4.79 Å². The van der Waals surface area contributed by atoms with E-state index in [-0.39, 0.29) is 18.9 Å².